The monoisotopic (exact) mass is 336 g/mol. The highest BCUT2D eigenvalue weighted by atomic mass is 35.5. The summed E-state index contributed by atoms with van der Waals surface area (Å²) in [5.74, 6) is 0.0234. The van der Waals surface area contributed by atoms with Crippen molar-refractivity contribution in [3.8, 4) is 0 Å². The zero-order valence-corrected chi connectivity index (χ0v) is 14.3. The van der Waals surface area contributed by atoms with Gasteiger partial charge in [0, 0.05) is 32.5 Å². The molecule has 0 aliphatic carbocycles. The Morgan fingerprint density at radius 2 is 1.48 bits per heavy atom. The van der Waals surface area contributed by atoms with Crippen molar-refractivity contribution in [2.75, 3.05) is 19.6 Å². The Hall–Kier alpha value is -1.39. The van der Waals surface area contributed by atoms with Crippen LogP contribution in [0.2, 0.25) is 0 Å². The summed E-state index contributed by atoms with van der Waals surface area (Å²) < 4.78 is 0. The Kier molecular flexibility index (Phi) is 6.60. The van der Waals surface area contributed by atoms with Gasteiger partial charge in [-0.2, -0.15) is 0 Å². The van der Waals surface area contributed by atoms with E-state index in [4.69, 9.17) is 0 Å². The summed E-state index contributed by atoms with van der Waals surface area (Å²) in [4.78, 5) is 27.0. The lowest BCUT2D eigenvalue weighted by Crippen LogP contribution is -2.32. The normalized spacial score (nSPS) is 18.0. The van der Waals surface area contributed by atoms with E-state index >= 15 is 0 Å². The van der Waals surface area contributed by atoms with E-state index in [1.165, 1.54) is 16.0 Å². The molecule has 2 aliphatic heterocycles. The number of carbonyl (C=O) groups is 2. The number of carbonyl (C=O) groups excluding carboxylic acids is 2. The van der Waals surface area contributed by atoms with E-state index in [0.717, 1.165) is 45.3 Å². The molecule has 2 heterocycles. The van der Waals surface area contributed by atoms with Crippen molar-refractivity contribution in [3.05, 3.63) is 35.4 Å². The van der Waals surface area contributed by atoms with Crippen LogP contribution in [0.3, 0.4) is 0 Å². The van der Waals surface area contributed by atoms with E-state index in [9.17, 15) is 9.59 Å². The zero-order chi connectivity index (χ0) is 15.4. The lowest BCUT2D eigenvalue weighted by molar-refractivity contribution is -0.138. The Bertz CT molecular complexity index is 546. The maximum Gasteiger partial charge on any atom is 0.229 e. The summed E-state index contributed by atoms with van der Waals surface area (Å²) in [6.45, 7) is 3.91. The molecule has 0 N–H and O–H groups in total. The van der Waals surface area contributed by atoms with Crippen LogP contribution >= 0.6 is 12.4 Å². The molecule has 1 saturated heterocycles. The molecule has 2 aliphatic rings. The number of halogens is 1. The fourth-order valence-corrected chi connectivity index (χ4v) is 3.40. The van der Waals surface area contributed by atoms with Gasteiger partial charge in [0.1, 0.15) is 0 Å². The van der Waals surface area contributed by atoms with Crippen molar-refractivity contribution < 1.29 is 9.59 Å². The van der Waals surface area contributed by atoms with Crippen LogP contribution in [-0.2, 0) is 22.6 Å². The van der Waals surface area contributed by atoms with Gasteiger partial charge >= 0.3 is 0 Å². The second kappa shape index (κ2) is 8.46. The molecule has 126 valence electrons. The molecular formula is C18H25ClN2O2. The van der Waals surface area contributed by atoms with E-state index < -0.39 is 0 Å². The maximum absolute atomic E-state index is 11.5. The first kappa shape index (κ1) is 18.0. The number of imide groups is 1. The van der Waals surface area contributed by atoms with Crippen molar-refractivity contribution in [1.82, 2.24) is 9.80 Å². The molecule has 1 fully saturated rings. The molecule has 0 aromatic heterocycles. The zero-order valence-electron chi connectivity index (χ0n) is 13.5. The highest BCUT2D eigenvalue weighted by Gasteiger charge is 2.27. The predicted molar refractivity (Wildman–Crippen MR) is 92.5 cm³/mol. The number of nitrogens with zero attached hydrogens (tertiary/aromatic N) is 2. The van der Waals surface area contributed by atoms with Crippen molar-refractivity contribution in [2.45, 2.75) is 45.1 Å². The van der Waals surface area contributed by atoms with Gasteiger partial charge in [-0.25, -0.2) is 0 Å². The fourth-order valence-electron chi connectivity index (χ4n) is 3.40. The van der Waals surface area contributed by atoms with Gasteiger partial charge in [0.05, 0.1) is 0 Å². The van der Waals surface area contributed by atoms with Crippen LogP contribution in [0.15, 0.2) is 24.3 Å². The molecule has 0 spiro atoms. The first-order chi connectivity index (χ1) is 10.7. The van der Waals surface area contributed by atoms with Gasteiger partial charge in [0.25, 0.3) is 0 Å². The summed E-state index contributed by atoms with van der Waals surface area (Å²) in [5.41, 5.74) is 2.95. The Labute approximate surface area is 144 Å². The third-order valence-electron chi connectivity index (χ3n) is 4.72. The number of hydrogen-bond donors (Lipinski definition) is 0. The van der Waals surface area contributed by atoms with Crippen LogP contribution in [-0.4, -0.2) is 41.2 Å². The van der Waals surface area contributed by atoms with Gasteiger partial charge in [-0.1, -0.05) is 30.7 Å². The third kappa shape index (κ3) is 4.55. The number of fused-ring (bicyclic) bond motifs is 1. The first-order valence-electron chi connectivity index (χ1n) is 8.36. The number of rotatable bonds is 6. The van der Waals surface area contributed by atoms with Crippen LogP contribution in [0.5, 0.6) is 0 Å². The minimum Gasteiger partial charge on any atom is -0.299 e. The Morgan fingerprint density at radius 3 is 2.22 bits per heavy atom. The summed E-state index contributed by atoms with van der Waals surface area (Å²) in [7, 11) is 0. The van der Waals surface area contributed by atoms with Crippen molar-refractivity contribution in [2.24, 2.45) is 0 Å². The minimum absolute atomic E-state index is 0. The molecule has 1 aromatic carbocycles. The highest BCUT2D eigenvalue weighted by Crippen LogP contribution is 2.19. The Morgan fingerprint density at radius 1 is 0.826 bits per heavy atom. The van der Waals surface area contributed by atoms with E-state index in [0.29, 0.717) is 19.4 Å². The van der Waals surface area contributed by atoms with Crippen LogP contribution in [0.1, 0.15) is 43.2 Å². The molecule has 2 amide bonds. The molecule has 0 saturated carbocycles. The topological polar surface area (TPSA) is 40.6 Å². The summed E-state index contributed by atoms with van der Waals surface area (Å²) in [5, 5.41) is 0. The number of benzene rings is 1. The SMILES string of the molecule is Cl.O=C1CCC(=O)N1CCCCCN1CCc2ccccc2C1. The summed E-state index contributed by atoms with van der Waals surface area (Å²) >= 11 is 0. The number of unbranched alkanes of at least 4 members (excludes halogenated alkanes) is 2. The fraction of sp³-hybridized carbons (Fsp3) is 0.556. The molecule has 0 atom stereocenters. The van der Waals surface area contributed by atoms with E-state index in [1.54, 1.807) is 0 Å². The van der Waals surface area contributed by atoms with Crippen molar-refractivity contribution in [1.29, 1.82) is 0 Å². The molecule has 4 nitrogen and oxygen atoms in total. The van der Waals surface area contributed by atoms with E-state index in [1.807, 2.05) is 0 Å². The van der Waals surface area contributed by atoms with Gasteiger partial charge in [0.2, 0.25) is 11.8 Å². The predicted octanol–water partition coefficient (Wildman–Crippen LogP) is 2.79. The van der Waals surface area contributed by atoms with E-state index in [2.05, 4.69) is 29.2 Å². The number of likely N-dealkylation sites (tertiary alicyclic amines) is 1. The van der Waals surface area contributed by atoms with Gasteiger partial charge in [-0.3, -0.25) is 19.4 Å². The van der Waals surface area contributed by atoms with Crippen LogP contribution in [0, 0.1) is 0 Å². The van der Waals surface area contributed by atoms with Crippen molar-refractivity contribution >= 4 is 24.2 Å². The lowest BCUT2D eigenvalue weighted by Gasteiger charge is -2.28. The highest BCUT2D eigenvalue weighted by molar-refractivity contribution is 6.01. The molecular weight excluding hydrogens is 312 g/mol. The first-order valence-corrected chi connectivity index (χ1v) is 8.36. The Balaban J connectivity index is 0.00000192. The average Bonchev–Trinajstić information content (AvgIpc) is 2.86. The van der Waals surface area contributed by atoms with Gasteiger partial charge in [-0.05, 0) is 36.9 Å². The molecule has 23 heavy (non-hydrogen) atoms. The summed E-state index contributed by atoms with van der Waals surface area (Å²) in [6, 6.07) is 8.70. The molecule has 1 aromatic rings. The van der Waals surface area contributed by atoms with Crippen LogP contribution in [0.25, 0.3) is 0 Å². The van der Waals surface area contributed by atoms with Crippen LogP contribution < -0.4 is 0 Å². The summed E-state index contributed by atoms with van der Waals surface area (Å²) in [6.07, 6.45) is 5.11. The lowest BCUT2D eigenvalue weighted by atomic mass is 10.00. The minimum atomic E-state index is 0. The average molecular weight is 337 g/mol. The quantitative estimate of drug-likeness (QED) is 0.592. The van der Waals surface area contributed by atoms with E-state index in [-0.39, 0.29) is 24.2 Å². The second-order valence-corrected chi connectivity index (χ2v) is 6.29. The molecule has 3 rings (SSSR count). The second-order valence-electron chi connectivity index (χ2n) is 6.29. The van der Waals surface area contributed by atoms with Gasteiger partial charge < -0.3 is 0 Å². The molecule has 0 radical (unpaired) electrons. The largest absolute Gasteiger partial charge is 0.299 e. The van der Waals surface area contributed by atoms with Crippen LogP contribution in [0.4, 0.5) is 0 Å². The molecule has 5 heteroatoms. The third-order valence-corrected chi connectivity index (χ3v) is 4.72. The van der Waals surface area contributed by atoms with Crippen molar-refractivity contribution in [3.63, 3.8) is 0 Å². The molecule has 0 unspecified atom stereocenters. The van der Waals surface area contributed by atoms with Gasteiger partial charge in [0.15, 0.2) is 0 Å². The number of hydrogen-bond acceptors (Lipinski definition) is 3. The smallest absolute Gasteiger partial charge is 0.229 e. The molecule has 0 bridgehead atoms. The van der Waals surface area contributed by atoms with Gasteiger partial charge in [-0.15, -0.1) is 12.4 Å². The standard InChI is InChI=1S/C18H24N2O2.ClH/c21-17-8-9-18(22)20(17)12-5-1-4-11-19-13-10-15-6-2-3-7-16(15)14-19;/h2-3,6-7H,1,4-5,8-14H2;1H. The number of amides is 2. The maximum atomic E-state index is 11.5.